The highest BCUT2D eigenvalue weighted by Gasteiger charge is 2.19. The fourth-order valence-electron chi connectivity index (χ4n) is 0.962. The molecule has 58 valence electrons. The minimum Gasteiger partial charge on any atom is -0.385 e. The quantitative estimate of drug-likeness (QED) is 0.623. The fourth-order valence-corrected chi connectivity index (χ4v) is 1.91. The minimum absolute atomic E-state index is 0.486. The Morgan fingerprint density at radius 1 is 1.70 bits per heavy atom. The van der Waals surface area contributed by atoms with Crippen molar-refractivity contribution in [1.82, 2.24) is 0 Å². The Balaban J connectivity index is 2.17. The predicted octanol–water partition coefficient (Wildman–Crippen LogP) is 1.56. The van der Waals surface area contributed by atoms with Gasteiger partial charge >= 0.3 is 0 Å². The van der Waals surface area contributed by atoms with E-state index in [0.717, 1.165) is 13.0 Å². The SMILES string of the molecule is COCCC1SC=NC1C. The molecule has 0 N–H and O–H groups in total. The van der Waals surface area contributed by atoms with Crippen molar-refractivity contribution in [3.8, 4) is 0 Å². The zero-order valence-corrected chi connectivity index (χ0v) is 7.23. The van der Waals surface area contributed by atoms with Crippen molar-refractivity contribution in [3.05, 3.63) is 0 Å². The molecule has 0 saturated carbocycles. The van der Waals surface area contributed by atoms with Crippen LogP contribution in [-0.4, -0.2) is 30.6 Å². The van der Waals surface area contributed by atoms with Gasteiger partial charge in [0.05, 0.1) is 11.6 Å². The van der Waals surface area contributed by atoms with Crippen molar-refractivity contribution in [2.24, 2.45) is 4.99 Å². The molecule has 10 heavy (non-hydrogen) atoms. The molecule has 1 heterocycles. The van der Waals surface area contributed by atoms with Gasteiger partial charge in [0.1, 0.15) is 0 Å². The van der Waals surface area contributed by atoms with Crippen LogP contribution in [0.4, 0.5) is 0 Å². The summed E-state index contributed by atoms with van der Waals surface area (Å²) in [6.45, 7) is 3.00. The van der Waals surface area contributed by atoms with Crippen LogP contribution in [0.1, 0.15) is 13.3 Å². The molecule has 0 saturated heterocycles. The Kier molecular flexibility index (Phi) is 3.22. The van der Waals surface area contributed by atoms with Crippen LogP contribution in [0.2, 0.25) is 0 Å². The summed E-state index contributed by atoms with van der Waals surface area (Å²) < 4.78 is 4.98. The lowest BCUT2D eigenvalue weighted by Crippen LogP contribution is -2.15. The third-order valence-corrected chi connectivity index (χ3v) is 2.90. The van der Waals surface area contributed by atoms with Crippen LogP contribution in [0.25, 0.3) is 0 Å². The van der Waals surface area contributed by atoms with Crippen LogP contribution >= 0.6 is 11.8 Å². The van der Waals surface area contributed by atoms with Crippen LogP contribution in [0.5, 0.6) is 0 Å². The summed E-state index contributed by atoms with van der Waals surface area (Å²) in [5.41, 5.74) is 1.95. The Bertz CT molecular complexity index is 127. The molecule has 2 atom stereocenters. The van der Waals surface area contributed by atoms with Gasteiger partial charge in [-0.05, 0) is 13.3 Å². The van der Waals surface area contributed by atoms with Gasteiger partial charge in [0, 0.05) is 19.0 Å². The fraction of sp³-hybridized carbons (Fsp3) is 0.857. The van der Waals surface area contributed by atoms with E-state index in [1.807, 2.05) is 17.3 Å². The van der Waals surface area contributed by atoms with E-state index in [2.05, 4.69) is 11.9 Å². The van der Waals surface area contributed by atoms with Gasteiger partial charge in [-0.2, -0.15) is 0 Å². The van der Waals surface area contributed by atoms with Gasteiger partial charge in [-0.15, -0.1) is 11.8 Å². The number of aliphatic imine (C=N–C) groups is 1. The summed E-state index contributed by atoms with van der Waals surface area (Å²) in [5, 5.41) is 0.653. The van der Waals surface area contributed by atoms with Gasteiger partial charge in [0.15, 0.2) is 0 Å². The summed E-state index contributed by atoms with van der Waals surface area (Å²) in [6, 6.07) is 0.486. The van der Waals surface area contributed by atoms with Crippen molar-refractivity contribution in [2.45, 2.75) is 24.6 Å². The average Bonchev–Trinajstić information content (AvgIpc) is 2.31. The van der Waals surface area contributed by atoms with E-state index in [-0.39, 0.29) is 0 Å². The molecule has 0 radical (unpaired) electrons. The highest BCUT2D eigenvalue weighted by Crippen LogP contribution is 2.24. The molecule has 1 aliphatic heterocycles. The molecule has 0 aromatic rings. The van der Waals surface area contributed by atoms with E-state index < -0.39 is 0 Å². The molecule has 0 fully saturated rings. The van der Waals surface area contributed by atoms with Crippen molar-refractivity contribution >= 4 is 17.3 Å². The van der Waals surface area contributed by atoms with Gasteiger partial charge in [-0.1, -0.05) is 0 Å². The first-order valence-electron chi connectivity index (χ1n) is 3.50. The maximum absolute atomic E-state index is 4.98. The minimum atomic E-state index is 0.486. The van der Waals surface area contributed by atoms with Crippen molar-refractivity contribution in [1.29, 1.82) is 0 Å². The molecule has 0 aliphatic carbocycles. The van der Waals surface area contributed by atoms with Crippen LogP contribution in [0, 0.1) is 0 Å². The van der Waals surface area contributed by atoms with E-state index in [4.69, 9.17) is 4.74 Å². The maximum atomic E-state index is 4.98. The summed E-state index contributed by atoms with van der Waals surface area (Å²) in [6.07, 6.45) is 1.11. The predicted molar refractivity (Wildman–Crippen MR) is 45.8 cm³/mol. The molecule has 0 aromatic carbocycles. The second-order valence-corrected chi connectivity index (χ2v) is 3.54. The van der Waals surface area contributed by atoms with Gasteiger partial charge in [0.25, 0.3) is 0 Å². The summed E-state index contributed by atoms with van der Waals surface area (Å²) >= 11 is 1.82. The molecule has 3 heteroatoms. The highest BCUT2D eigenvalue weighted by atomic mass is 32.2. The number of nitrogens with zero attached hydrogens (tertiary/aromatic N) is 1. The first kappa shape index (κ1) is 8.08. The molecule has 1 aliphatic rings. The summed E-state index contributed by atoms with van der Waals surface area (Å²) in [7, 11) is 1.74. The third kappa shape index (κ3) is 1.99. The lowest BCUT2D eigenvalue weighted by Gasteiger charge is -2.11. The largest absolute Gasteiger partial charge is 0.385 e. The molecule has 0 bridgehead atoms. The third-order valence-electron chi connectivity index (χ3n) is 1.68. The van der Waals surface area contributed by atoms with E-state index in [9.17, 15) is 0 Å². The number of hydrogen-bond donors (Lipinski definition) is 0. The Morgan fingerprint density at radius 2 is 2.50 bits per heavy atom. The monoisotopic (exact) mass is 159 g/mol. The molecule has 0 amide bonds. The van der Waals surface area contributed by atoms with Crippen LogP contribution < -0.4 is 0 Å². The van der Waals surface area contributed by atoms with Crippen molar-refractivity contribution in [3.63, 3.8) is 0 Å². The Hall–Kier alpha value is -0.0200. The second kappa shape index (κ2) is 3.98. The number of hydrogen-bond acceptors (Lipinski definition) is 3. The maximum Gasteiger partial charge on any atom is 0.0600 e. The lowest BCUT2D eigenvalue weighted by molar-refractivity contribution is 0.193. The van der Waals surface area contributed by atoms with E-state index in [1.54, 1.807) is 7.11 Å². The first-order valence-corrected chi connectivity index (χ1v) is 4.45. The molecule has 2 nitrogen and oxygen atoms in total. The normalized spacial score (nSPS) is 31.4. The smallest absolute Gasteiger partial charge is 0.0600 e. The number of ether oxygens (including phenoxy) is 1. The van der Waals surface area contributed by atoms with E-state index >= 15 is 0 Å². The van der Waals surface area contributed by atoms with E-state index in [1.165, 1.54) is 0 Å². The van der Waals surface area contributed by atoms with E-state index in [0.29, 0.717) is 11.3 Å². The lowest BCUT2D eigenvalue weighted by atomic mass is 10.2. The molecule has 2 unspecified atom stereocenters. The van der Waals surface area contributed by atoms with Gasteiger partial charge in [-0.25, -0.2) is 0 Å². The average molecular weight is 159 g/mol. The van der Waals surface area contributed by atoms with Crippen LogP contribution in [0.15, 0.2) is 4.99 Å². The molecular formula is C7H13NOS. The zero-order chi connectivity index (χ0) is 7.40. The summed E-state index contributed by atoms with van der Waals surface area (Å²) in [5.74, 6) is 0. The topological polar surface area (TPSA) is 21.6 Å². The zero-order valence-electron chi connectivity index (χ0n) is 6.41. The standard InChI is InChI=1S/C7H13NOS/c1-6-7(3-4-9-2)10-5-8-6/h5-7H,3-4H2,1-2H3. The number of thioether (sulfide) groups is 1. The molecule has 1 rings (SSSR count). The van der Waals surface area contributed by atoms with Gasteiger partial charge in [-0.3, -0.25) is 4.99 Å². The van der Waals surface area contributed by atoms with Gasteiger partial charge in [0.2, 0.25) is 0 Å². The Labute approximate surface area is 66.1 Å². The second-order valence-electron chi connectivity index (χ2n) is 2.45. The van der Waals surface area contributed by atoms with Crippen molar-refractivity contribution < 1.29 is 4.74 Å². The highest BCUT2D eigenvalue weighted by molar-refractivity contribution is 8.12. The number of rotatable bonds is 3. The first-order chi connectivity index (χ1) is 4.84. The molecular weight excluding hydrogens is 146 g/mol. The molecule has 0 spiro atoms. The number of methoxy groups -OCH3 is 1. The molecule has 0 aromatic heterocycles. The Morgan fingerprint density at radius 3 is 3.00 bits per heavy atom. The van der Waals surface area contributed by atoms with Crippen LogP contribution in [-0.2, 0) is 4.74 Å². The van der Waals surface area contributed by atoms with Gasteiger partial charge < -0.3 is 4.74 Å². The van der Waals surface area contributed by atoms with Crippen molar-refractivity contribution in [2.75, 3.05) is 13.7 Å². The van der Waals surface area contributed by atoms with Crippen LogP contribution in [0.3, 0.4) is 0 Å². The summed E-state index contributed by atoms with van der Waals surface area (Å²) in [4.78, 5) is 4.25.